The molecule has 2 amide bonds. The first-order chi connectivity index (χ1) is 7.13. The quantitative estimate of drug-likeness (QED) is 0.735. The lowest BCUT2D eigenvalue weighted by Gasteiger charge is -2.30. The summed E-state index contributed by atoms with van der Waals surface area (Å²) in [5, 5.41) is 6.04. The molecule has 0 aromatic carbocycles. The van der Waals surface area contributed by atoms with E-state index in [1.807, 2.05) is 11.9 Å². The molecule has 0 aromatic heterocycles. The Morgan fingerprint density at radius 3 is 2.60 bits per heavy atom. The number of hydrogen-bond donors (Lipinski definition) is 2. The Bertz CT molecular complexity index is 200. The van der Waals surface area contributed by atoms with Crippen molar-refractivity contribution in [2.75, 3.05) is 26.7 Å². The van der Waals surface area contributed by atoms with Crippen LogP contribution in [0.15, 0.2) is 0 Å². The van der Waals surface area contributed by atoms with Crippen molar-refractivity contribution in [3.05, 3.63) is 0 Å². The molecular formula is C11H23N3O. The lowest BCUT2D eigenvalue weighted by atomic mass is 10.00. The zero-order chi connectivity index (χ0) is 11.3. The molecule has 1 saturated heterocycles. The summed E-state index contributed by atoms with van der Waals surface area (Å²) in [4.78, 5) is 13.6. The van der Waals surface area contributed by atoms with E-state index in [4.69, 9.17) is 0 Å². The molecule has 0 aromatic rings. The van der Waals surface area contributed by atoms with Crippen LogP contribution in [0.5, 0.6) is 0 Å². The summed E-state index contributed by atoms with van der Waals surface area (Å²) in [7, 11) is 1.90. The number of likely N-dealkylation sites (tertiary alicyclic amines) is 1. The first-order valence-electron chi connectivity index (χ1n) is 5.83. The molecule has 88 valence electrons. The summed E-state index contributed by atoms with van der Waals surface area (Å²) in [5.41, 5.74) is 0. The normalized spacial score (nSPS) is 20.1. The Kier molecular flexibility index (Phi) is 4.88. The molecule has 0 aliphatic carbocycles. The van der Waals surface area contributed by atoms with Crippen molar-refractivity contribution in [2.45, 2.75) is 32.7 Å². The van der Waals surface area contributed by atoms with Crippen LogP contribution in [0.3, 0.4) is 0 Å². The van der Waals surface area contributed by atoms with Crippen LogP contribution in [0.2, 0.25) is 0 Å². The Morgan fingerprint density at radius 1 is 1.47 bits per heavy atom. The molecule has 4 nitrogen and oxygen atoms in total. The molecule has 1 aliphatic heterocycles. The van der Waals surface area contributed by atoms with E-state index in [1.54, 1.807) is 0 Å². The van der Waals surface area contributed by atoms with Gasteiger partial charge in [0.1, 0.15) is 0 Å². The minimum absolute atomic E-state index is 0.0870. The Balaban J connectivity index is 2.22. The molecular weight excluding hydrogens is 190 g/mol. The van der Waals surface area contributed by atoms with Crippen molar-refractivity contribution >= 4 is 6.03 Å². The van der Waals surface area contributed by atoms with Crippen molar-refractivity contribution in [2.24, 2.45) is 5.92 Å². The average Bonchev–Trinajstić information content (AvgIpc) is 2.26. The van der Waals surface area contributed by atoms with E-state index in [1.165, 1.54) is 0 Å². The number of urea groups is 1. The third-order valence-corrected chi connectivity index (χ3v) is 3.12. The maximum absolute atomic E-state index is 11.7. The van der Waals surface area contributed by atoms with Gasteiger partial charge in [-0.15, -0.1) is 0 Å². The topological polar surface area (TPSA) is 44.4 Å². The fraction of sp³-hybridized carbons (Fsp3) is 0.909. The van der Waals surface area contributed by atoms with Gasteiger partial charge in [0.05, 0.1) is 0 Å². The molecule has 1 fully saturated rings. The van der Waals surface area contributed by atoms with Gasteiger partial charge in [-0.1, -0.05) is 6.92 Å². The van der Waals surface area contributed by atoms with Gasteiger partial charge in [-0.3, -0.25) is 0 Å². The lowest BCUT2D eigenvalue weighted by molar-refractivity contribution is 0.173. The van der Waals surface area contributed by atoms with Crippen LogP contribution >= 0.6 is 0 Å². The largest absolute Gasteiger partial charge is 0.336 e. The summed E-state index contributed by atoms with van der Waals surface area (Å²) < 4.78 is 0. The van der Waals surface area contributed by atoms with Crippen molar-refractivity contribution < 1.29 is 4.79 Å². The van der Waals surface area contributed by atoms with E-state index in [-0.39, 0.29) is 6.03 Å². The molecule has 15 heavy (non-hydrogen) atoms. The first kappa shape index (κ1) is 12.3. The highest BCUT2D eigenvalue weighted by Gasteiger charge is 2.19. The number of carbonyl (C=O) groups excluding carboxylic acids is 1. The number of nitrogens with one attached hydrogen (secondary N) is 2. The summed E-state index contributed by atoms with van der Waals surface area (Å²) in [6.45, 7) is 6.81. The number of carbonyl (C=O) groups is 1. The summed E-state index contributed by atoms with van der Waals surface area (Å²) in [6.07, 6.45) is 2.27. The van der Waals surface area contributed by atoms with Gasteiger partial charge in [0.25, 0.3) is 0 Å². The molecule has 0 bridgehead atoms. The highest BCUT2D eigenvalue weighted by atomic mass is 16.2. The molecule has 1 unspecified atom stereocenters. The third-order valence-electron chi connectivity index (χ3n) is 3.12. The SMILES string of the molecule is CNC(C)CNC(=O)N1CCC(C)CC1. The van der Waals surface area contributed by atoms with Gasteiger partial charge in [-0.25, -0.2) is 4.79 Å². The molecule has 1 rings (SSSR count). The Hall–Kier alpha value is -0.770. The first-order valence-corrected chi connectivity index (χ1v) is 5.83. The summed E-state index contributed by atoms with van der Waals surface area (Å²) in [5.74, 6) is 0.769. The molecule has 1 heterocycles. The minimum Gasteiger partial charge on any atom is -0.336 e. The van der Waals surface area contributed by atoms with Crippen LogP contribution in [-0.4, -0.2) is 43.7 Å². The van der Waals surface area contributed by atoms with E-state index in [2.05, 4.69) is 24.5 Å². The zero-order valence-corrected chi connectivity index (χ0v) is 10.0. The molecule has 0 radical (unpaired) electrons. The number of piperidine rings is 1. The van der Waals surface area contributed by atoms with Crippen molar-refractivity contribution in [3.63, 3.8) is 0 Å². The van der Waals surface area contributed by atoms with Crippen molar-refractivity contribution in [3.8, 4) is 0 Å². The minimum atomic E-state index is 0.0870. The van der Waals surface area contributed by atoms with Crippen molar-refractivity contribution in [1.82, 2.24) is 15.5 Å². The molecule has 1 atom stereocenters. The molecule has 1 aliphatic rings. The average molecular weight is 213 g/mol. The number of rotatable bonds is 3. The number of hydrogen-bond acceptors (Lipinski definition) is 2. The van der Waals surface area contributed by atoms with Gasteiger partial charge in [-0.05, 0) is 32.7 Å². The predicted molar refractivity (Wildman–Crippen MR) is 61.9 cm³/mol. The number of likely N-dealkylation sites (N-methyl/N-ethyl adjacent to an activating group) is 1. The van der Waals surface area contributed by atoms with Crippen LogP contribution in [0.1, 0.15) is 26.7 Å². The second kappa shape index (κ2) is 5.95. The van der Waals surface area contributed by atoms with Gasteiger partial charge >= 0.3 is 6.03 Å². The highest BCUT2D eigenvalue weighted by molar-refractivity contribution is 5.74. The number of nitrogens with zero attached hydrogens (tertiary/aromatic N) is 1. The van der Waals surface area contributed by atoms with Crippen LogP contribution in [0.25, 0.3) is 0 Å². The Morgan fingerprint density at radius 2 is 2.07 bits per heavy atom. The standard InChI is InChI=1S/C11H23N3O/c1-9-4-6-14(7-5-9)11(15)13-8-10(2)12-3/h9-10,12H,4-8H2,1-3H3,(H,13,15). The van der Waals surface area contributed by atoms with E-state index in [9.17, 15) is 4.79 Å². The zero-order valence-electron chi connectivity index (χ0n) is 10.0. The monoisotopic (exact) mass is 213 g/mol. The van der Waals surface area contributed by atoms with Gasteiger partial charge in [0, 0.05) is 25.7 Å². The summed E-state index contributed by atoms with van der Waals surface area (Å²) in [6, 6.07) is 0.418. The van der Waals surface area contributed by atoms with Crippen molar-refractivity contribution in [1.29, 1.82) is 0 Å². The summed E-state index contributed by atoms with van der Waals surface area (Å²) >= 11 is 0. The smallest absolute Gasteiger partial charge is 0.317 e. The fourth-order valence-electron chi connectivity index (χ4n) is 1.67. The van der Waals surface area contributed by atoms with Gasteiger partial charge in [-0.2, -0.15) is 0 Å². The number of amides is 2. The molecule has 4 heteroatoms. The second-order valence-electron chi connectivity index (χ2n) is 4.55. The van der Waals surface area contributed by atoms with Gasteiger partial charge in [0.15, 0.2) is 0 Å². The molecule has 2 N–H and O–H groups in total. The van der Waals surface area contributed by atoms with E-state index >= 15 is 0 Å². The lowest BCUT2D eigenvalue weighted by Crippen LogP contribution is -2.47. The van der Waals surface area contributed by atoms with E-state index in [0.29, 0.717) is 12.6 Å². The maximum atomic E-state index is 11.7. The van der Waals surface area contributed by atoms with Crippen LogP contribution in [0, 0.1) is 5.92 Å². The van der Waals surface area contributed by atoms with Crippen LogP contribution < -0.4 is 10.6 Å². The van der Waals surface area contributed by atoms with Gasteiger partial charge < -0.3 is 15.5 Å². The maximum Gasteiger partial charge on any atom is 0.317 e. The third kappa shape index (κ3) is 4.08. The van der Waals surface area contributed by atoms with Crippen LogP contribution in [-0.2, 0) is 0 Å². The van der Waals surface area contributed by atoms with E-state index in [0.717, 1.165) is 31.8 Å². The highest BCUT2D eigenvalue weighted by Crippen LogP contribution is 2.15. The Labute approximate surface area is 92.4 Å². The second-order valence-corrected chi connectivity index (χ2v) is 4.55. The molecule has 0 saturated carbocycles. The fourth-order valence-corrected chi connectivity index (χ4v) is 1.67. The van der Waals surface area contributed by atoms with Crippen LogP contribution in [0.4, 0.5) is 4.79 Å². The molecule has 0 spiro atoms. The van der Waals surface area contributed by atoms with Gasteiger partial charge in [0.2, 0.25) is 0 Å². The predicted octanol–water partition coefficient (Wildman–Crippen LogP) is 1.04. The van der Waals surface area contributed by atoms with E-state index < -0.39 is 0 Å².